The molecule has 4 aliphatic rings. The second-order valence-corrected chi connectivity index (χ2v) is 13.2. The monoisotopic (exact) mass is 683 g/mol. The van der Waals surface area contributed by atoms with Gasteiger partial charge in [0.1, 0.15) is 5.75 Å². The topological polar surface area (TPSA) is 109 Å². The summed E-state index contributed by atoms with van der Waals surface area (Å²) in [6.07, 6.45) is 3.60. The first-order chi connectivity index (χ1) is 22.7. The number of aromatic hydroxyl groups is 1. The average Bonchev–Trinajstić information content (AvgIpc) is 3.36. The molecule has 4 unspecified atom stereocenters. The third-order valence-corrected chi connectivity index (χ3v) is 10.6. The lowest BCUT2D eigenvalue weighted by Crippen LogP contribution is -2.39. The summed E-state index contributed by atoms with van der Waals surface area (Å²) in [5, 5.41) is 13.0. The summed E-state index contributed by atoms with van der Waals surface area (Å²) in [5.41, 5.74) is 3.18. The highest BCUT2D eigenvalue weighted by atomic mass is 79.9. The number of anilines is 1. The van der Waals surface area contributed by atoms with Gasteiger partial charge in [-0.3, -0.25) is 28.9 Å². The van der Waals surface area contributed by atoms with Gasteiger partial charge in [-0.2, -0.15) is 0 Å². The number of carbonyl (C=O) groups excluding carboxylic acids is 5. The van der Waals surface area contributed by atoms with Crippen molar-refractivity contribution in [3.8, 4) is 5.75 Å². The molecule has 47 heavy (non-hydrogen) atoms. The maximum atomic E-state index is 14.3. The quantitative estimate of drug-likeness (QED) is 0.110. The van der Waals surface area contributed by atoms with E-state index >= 15 is 0 Å². The molecule has 8 rings (SSSR count). The minimum atomic E-state index is -0.764. The molecule has 0 aromatic heterocycles. The van der Waals surface area contributed by atoms with Crippen molar-refractivity contribution < 1.29 is 29.1 Å². The van der Waals surface area contributed by atoms with Crippen LogP contribution in [0.25, 0.3) is 10.8 Å². The summed E-state index contributed by atoms with van der Waals surface area (Å²) in [4.78, 5) is 69.5. The standard InChI is InChI=1S/C39H26BrNO6/c40-30-19-31(42)34-29(37(30)45)18-28-25(32(34)26-15-12-20-6-4-5-9-24(20)36(26)44)16-17-27-33(28)39(47)41(38(27)46)23-13-10-22(11-14-23)35(43)21-7-2-1-3-8-21/h1-16,19,27-28,32-33,44H,17-18H2. The molecule has 0 saturated carbocycles. The molecule has 7 nitrogen and oxygen atoms in total. The molecule has 0 bridgehead atoms. The van der Waals surface area contributed by atoms with Gasteiger partial charge in [-0.1, -0.05) is 78.4 Å². The van der Waals surface area contributed by atoms with Crippen LogP contribution in [0.15, 0.2) is 124 Å². The summed E-state index contributed by atoms with van der Waals surface area (Å²) in [6, 6.07) is 26.3. The fourth-order valence-corrected chi connectivity index (χ4v) is 8.29. The predicted molar refractivity (Wildman–Crippen MR) is 179 cm³/mol. The van der Waals surface area contributed by atoms with Crippen LogP contribution < -0.4 is 4.90 Å². The van der Waals surface area contributed by atoms with E-state index < -0.39 is 23.7 Å². The zero-order valence-electron chi connectivity index (χ0n) is 24.9. The first-order valence-electron chi connectivity index (χ1n) is 15.4. The number of imide groups is 1. The van der Waals surface area contributed by atoms with Gasteiger partial charge in [0, 0.05) is 45.2 Å². The van der Waals surface area contributed by atoms with Crippen molar-refractivity contribution in [2.45, 2.75) is 18.8 Å². The number of halogens is 1. The van der Waals surface area contributed by atoms with Gasteiger partial charge >= 0.3 is 0 Å². The molecule has 0 radical (unpaired) electrons. The number of fused-ring (bicyclic) bond motifs is 4. The molecule has 0 spiro atoms. The Hall–Kier alpha value is -5.21. The van der Waals surface area contributed by atoms with Crippen molar-refractivity contribution in [2.24, 2.45) is 17.8 Å². The summed E-state index contributed by atoms with van der Waals surface area (Å²) >= 11 is 3.26. The van der Waals surface area contributed by atoms with Gasteiger partial charge < -0.3 is 5.11 Å². The van der Waals surface area contributed by atoms with Gasteiger partial charge in [0.2, 0.25) is 11.8 Å². The Labute approximate surface area is 278 Å². The van der Waals surface area contributed by atoms with E-state index in [0.29, 0.717) is 38.9 Å². The van der Waals surface area contributed by atoms with Gasteiger partial charge in [-0.15, -0.1) is 0 Å². The van der Waals surface area contributed by atoms with Crippen LogP contribution >= 0.6 is 15.9 Å². The maximum Gasteiger partial charge on any atom is 0.238 e. The highest BCUT2D eigenvalue weighted by Gasteiger charge is 2.57. The Morgan fingerprint density at radius 2 is 1.49 bits per heavy atom. The largest absolute Gasteiger partial charge is 0.507 e. The number of benzene rings is 4. The molecule has 4 atom stereocenters. The maximum absolute atomic E-state index is 14.3. The number of ketones is 3. The number of carbonyl (C=O) groups is 5. The van der Waals surface area contributed by atoms with Crippen molar-refractivity contribution >= 4 is 61.6 Å². The highest BCUT2D eigenvalue weighted by molar-refractivity contribution is 9.12. The molecule has 1 heterocycles. The number of phenols is 1. The predicted octanol–water partition coefficient (Wildman–Crippen LogP) is 6.74. The number of amides is 2. The first-order valence-corrected chi connectivity index (χ1v) is 16.2. The van der Waals surface area contributed by atoms with Crippen LogP contribution in [-0.2, 0) is 19.2 Å². The molecular formula is C39H26BrNO6. The fourth-order valence-electron chi connectivity index (χ4n) is 7.84. The molecule has 8 heteroatoms. The van der Waals surface area contributed by atoms with Crippen LogP contribution in [0.1, 0.15) is 40.2 Å². The fraction of sp³-hybridized carbons (Fsp3) is 0.154. The Kier molecular flexibility index (Phi) is 6.81. The van der Waals surface area contributed by atoms with E-state index in [1.165, 1.54) is 11.0 Å². The summed E-state index contributed by atoms with van der Waals surface area (Å²) in [5.74, 6) is -4.26. The zero-order chi connectivity index (χ0) is 32.6. The summed E-state index contributed by atoms with van der Waals surface area (Å²) in [7, 11) is 0. The molecule has 1 fully saturated rings. The van der Waals surface area contributed by atoms with E-state index in [-0.39, 0.29) is 52.2 Å². The zero-order valence-corrected chi connectivity index (χ0v) is 26.4. The lowest BCUT2D eigenvalue weighted by Gasteiger charge is -2.42. The summed E-state index contributed by atoms with van der Waals surface area (Å²) < 4.78 is 0.142. The van der Waals surface area contributed by atoms with Gasteiger partial charge in [0.15, 0.2) is 17.3 Å². The molecule has 4 aromatic carbocycles. The number of hydrogen-bond acceptors (Lipinski definition) is 6. The van der Waals surface area contributed by atoms with Gasteiger partial charge in [0.05, 0.1) is 22.0 Å². The Morgan fingerprint density at radius 1 is 0.787 bits per heavy atom. The van der Waals surface area contributed by atoms with Gasteiger partial charge in [0.25, 0.3) is 0 Å². The molecule has 3 aliphatic carbocycles. The van der Waals surface area contributed by atoms with E-state index in [0.717, 1.165) is 11.0 Å². The van der Waals surface area contributed by atoms with Crippen LogP contribution in [0, 0.1) is 17.8 Å². The van der Waals surface area contributed by atoms with Crippen molar-refractivity contribution in [1.29, 1.82) is 0 Å². The Morgan fingerprint density at radius 3 is 2.26 bits per heavy atom. The van der Waals surface area contributed by atoms with Gasteiger partial charge in [-0.25, -0.2) is 0 Å². The minimum Gasteiger partial charge on any atom is -0.507 e. The van der Waals surface area contributed by atoms with Crippen LogP contribution in [0.2, 0.25) is 0 Å². The molecular weight excluding hydrogens is 658 g/mol. The molecule has 4 aromatic rings. The molecule has 2 amide bonds. The van der Waals surface area contributed by atoms with Crippen LogP contribution in [0.5, 0.6) is 5.75 Å². The molecule has 1 N–H and O–H groups in total. The number of phenolic OH excluding ortho intramolecular Hbond substituents is 1. The van der Waals surface area contributed by atoms with Crippen molar-refractivity contribution in [1.82, 2.24) is 0 Å². The minimum absolute atomic E-state index is 0.0121. The van der Waals surface area contributed by atoms with E-state index in [1.54, 1.807) is 60.7 Å². The van der Waals surface area contributed by atoms with Crippen LogP contribution in [-0.4, -0.2) is 34.3 Å². The van der Waals surface area contributed by atoms with Crippen molar-refractivity contribution in [3.05, 3.63) is 141 Å². The summed E-state index contributed by atoms with van der Waals surface area (Å²) in [6.45, 7) is 0. The molecule has 1 saturated heterocycles. The third-order valence-electron chi connectivity index (χ3n) is 10.00. The smallest absolute Gasteiger partial charge is 0.238 e. The molecule has 230 valence electrons. The Bertz CT molecular complexity index is 2180. The normalized spacial score (nSPS) is 23.7. The lowest BCUT2D eigenvalue weighted by molar-refractivity contribution is -0.123. The molecule has 1 aliphatic heterocycles. The average molecular weight is 685 g/mol. The van der Waals surface area contributed by atoms with Crippen LogP contribution in [0.3, 0.4) is 0 Å². The van der Waals surface area contributed by atoms with E-state index in [2.05, 4.69) is 15.9 Å². The van der Waals surface area contributed by atoms with E-state index in [4.69, 9.17) is 0 Å². The SMILES string of the molecule is O=C1C=C(Br)C(=O)C2=C1C(c1ccc3ccccc3c1O)C1=CCC3C(=O)N(c4ccc(C(=O)c5ccccc5)cc4)C(=O)C3C1C2. The Balaban J connectivity index is 1.19. The van der Waals surface area contributed by atoms with Crippen molar-refractivity contribution in [3.63, 3.8) is 0 Å². The number of Topliss-reactive ketones (excluding diaryl/α,β-unsaturated/α-hetero) is 1. The lowest BCUT2D eigenvalue weighted by atomic mass is 9.59. The third kappa shape index (κ3) is 4.42. The highest BCUT2D eigenvalue weighted by Crippen LogP contribution is 2.57. The van der Waals surface area contributed by atoms with E-state index in [9.17, 15) is 29.1 Å². The number of allylic oxidation sites excluding steroid dienone is 6. The number of nitrogens with zero attached hydrogens (tertiary/aromatic N) is 1. The van der Waals surface area contributed by atoms with Crippen LogP contribution in [0.4, 0.5) is 5.69 Å². The van der Waals surface area contributed by atoms with Gasteiger partial charge in [-0.05, 0) is 64.3 Å². The van der Waals surface area contributed by atoms with Crippen molar-refractivity contribution in [2.75, 3.05) is 4.90 Å². The first kappa shape index (κ1) is 29.2. The second-order valence-electron chi connectivity index (χ2n) is 12.4. The second kappa shape index (κ2) is 11.0. The number of rotatable bonds is 4. The number of hydrogen-bond donors (Lipinski definition) is 1. The van der Waals surface area contributed by atoms with E-state index in [1.807, 2.05) is 36.4 Å².